The Morgan fingerprint density at radius 2 is 1.44 bits per heavy atom. The van der Waals surface area contributed by atoms with Gasteiger partial charge in [0.25, 0.3) is 0 Å². The van der Waals surface area contributed by atoms with Gasteiger partial charge in [0.05, 0.1) is 6.17 Å². The molecule has 0 bridgehead atoms. The van der Waals surface area contributed by atoms with Crippen molar-refractivity contribution in [3.8, 4) is 0 Å². The van der Waals surface area contributed by atoms with Crippen LogP contribution < -0.4 is 0 Å². The molecule has 0 radical (unpaired) electrons. The fourth-order valence-corrected chi connectivity index (χ4v) is 3.97. The first-order chi connectivity index (χ1) is 7.51. The number of carbonyl (C=O) groups excluding carboxylic acids is 1. The van der Waals surface area contributed by atoms with E-state index in [1.165, 1.54) is 6.92 Å². The highest BCUT2D eigenvalue weighted by Gasteiger charge is 2.42. The van der Waals surface area contributed by atoms with Gasteiger partial charge in [0.1, 0.15) is 0 Å². The molecule has 16 heavy (non-hydrogen) atoms. The molecule has 5 nitrogen and oxygen atoms in total. The third-order valence-electron chi connectivity index (χ3n) is 2.06. The average Bonchev–Trinajstić information content (AvgIpc) is 2.18. The van der Waals surface area contributed by atoms with Gasteiger partial charge < -0.3 is 18.2 Å². The van der Waals surface area contributed by atoms with Crippen molar-refractivity contribution in [2.24, 2.45) is 0 Å². The average molecular weight is 249 g/mol. The maximum absolute atomic E-state index is 11.2. The minimum Gasteiger partial charge on any atom is -0.373 e. The fourth-order valence-electron chi connectivity index (χ4n) is 1.32. The zero-order chi connectivity index (χ0) is 12.6. The van der Waals surface area contributed by atoms with Crippen molar-refractivity contribution < 1.29 is 18.1 Å². The normalized spacial score (nSPS) is 11.6. The van der Waals surface area contributed by atoms with Crippen molar-refractivity contribution in [2.45, 2.75) is 27.7 Å². The molecule has 0 spiro atoms. The van der Waals surface area contributed by atoms with Crippen LogP contribution in [-0.4, -0.2) is 52.6 Å². The molecule has 0 aromatic carbocycles. The van der Waals surface area contributed by atoms with Gasteiger partial charge in [0, 0.05) is 33.8 Å². The van der Waals surface area contributed by atoms with Gasteiger partial charge in [-0.05, 0) is 20.8 Å². The second kappa shape index (κ2) is 7.78. The van der Waals surface area contributed by atoms with Gasteiger partial charge >= 0.3 is 8.80 Å². The predicted octanol–water partition coefficient (Wildman–Crippen LogP) is 1.05. The highest BCUT2D eigenvalue weighted by Crippen LogP contribution is 2.11. The van der Waals surface area contributed by atoms with Crippen LogP contribution in [-0.2, 0) is 18.1 Å². The SMILES string of the molecule is CCO[Si](CN(C)C(C)=O)(OCC)OCC. The van der Waals surface area contributed by atoms with Crippen LogP contribution in [0.1, 0.15) is 27.7 Å². The van der Waals surface area contributed by atoms with Crippen LogP contribution in [0, 0.1) is 0 Å². The Labute approximate surface area is 99.0 Å². The first-order valence-corrected chi connectivity index (χ1v) is 7.58. The molecule has 0 atom stereocenters. The second-order valence-electron chi connectivity index (χ2n) is 3.36. The largest absolute Gasteiger partial charge is 0.521 e. The maximum Gasteiger partial charge on any atom is 0.521 e. The molecule has 0 saturated carbocycles. The number of hydrogen-bond acceptors (Lipinski definition) is 4. The maximum atomic E-state index is 11.2. The summed E-state index contributed by atoms with van der Waals surface area (Å²) >= 11 is 0. The summed E-state index contributed by atoms with van der Waals surface area (Å²) < 4.78 is 16.9. The summed E-state index contributed by atoms with van der Waals surface area (Å²) in [6, 6.07) is 0. The molecule has 0 fully saturated rings. The molecular formula is C10H23NO4Si. The summed E-state index contributed by atoms with van der Waals surface area (Å²) in [4.78, 5) is 12.8. The number of nitrogens with zero attached hydrogens (tertiary/aromatic N) is 1. The van der Waals surface area contributed by atoms with Gasteiger partial charge in [-0.3, -0.25) is 4.79 Å². The Morgan fingerprint density at radius 1 is 1.06 bits per heavy atom. The van der Waals surface area contributed by atoms with Gasteiger partial charge in [-0.25, -0.2) is 0 Å². The summed E-state index contributed by atoms with van der Waals surface area (Å²) in [5.74, 6) is -0.0176. The molecule has 0 aliphatic rings. The van der Waals surface area contributed by atoms with Crippen LogP contribution in [0.4, 0.5) is 0 Å². The van der Waals surface area contributed by atoms with Crippen LogP contribution >= 0.6 is 0 Å². The zero-order valence-electron chi connectivity index (χ0n) is 10.9. The monoisotopic (exact) mass is 249 g/mol. The van der Waals surface area contributed by atoms with Crippen molar-refractivity contribution in [1.29, 1.82) is 0 Å². The lowest BCUT2D eigenvalue weighted by Crippen LogP contribution is -2.55. The Morgan fingerprint density at radius 3 is 1.69 bits per heavy atom. The molecule has 0 rings (SSSR count). The Kier molecular flexibility index (Phi) is 7.57. The number of rotatable bonds is 8. The third-order valence-corrected chi connectivity index (χ3v) is 5.11. The molecule has 0 unspecified atom stereocenters. The summed E-state index contributed by atoms with van der Waals surface area (Å²) in [7, 11) is -0.993. The third kappa shape index (κ3) is 5.07. The summed E-state index contributed by atoms with van der Waals surface area (Å²) in [5.41, 5.74) is 0. The number of amides is 1. The fraction of sp³-hybridized carbons (Fsp3) is 0.900. The lowest BCUT2D eigenvalue weighted by molar-refractivity contribution is -0.127. The molecular weight excluding hydrogens is 226 g/mol. The van der Waals surface area contributed by atoms with Crippen molar-refractivity contribution in [3.63, 3.8) is 0 Å². The van der Waals surface area contributed by atoms with Crippen molar-refractivity contribution in [2.75, 3.05) is 33.0 Å². The minimum atomic E-state index is -2.72. The lowest BCUT2D eigenvalue weighted by atomic mass is 10.6. The van der Waals surface area contributed by atoms with Gasteiger partial charge in [-0.1, -0.05) is 0 Å². The van der Waals surface area contributed by atoms with Gasteiger partial charge in [0.2, 0.25) is 5.91 Å². The van der Waals surface area contributed by atoms with Crippen LogP contribution in [0.3, 0.4) is 0 Å². The Hall–Kier alpha value is -0.433. The topological polar surface area (TPSA) is 48.0 Å². The molecule has 0 aromatic heterocycles. The number of carbonyl (C=O) groups is 1. The van der Waals surface area contributed by atoms with E-state index in [9.17, 15) is 4.79 Å². The van der Waals surface area contributed by atoms with Crippen LogP contribution in [0.15, 0.2) is 0 Å². The van der Waals surface area contributed by atoms with Gasteiger partial charge in [-0.15, -0.1) is 0 Å². The standard InChI is InChI=1S/C10H23NO4Si/c1-6-13-16(14-7-2,15-8-3)9-11(5)10(4)12/h6-9H2,1-5H3. The van der Waals surface area contributed by atoms with E-state index < -0.39 is 8.80 Å². The van der Waals surface area contributed by atoms with Gasteiger partial charge in [-0.2, -0.15) is 0 Å². The zero-order valence-corrected chi connectivity index (χ0v) is 11.9. The van der Waals surface area contributed by atoms with Crippen LogP contribution in [0.2, 0.25) is 0 Å². The molecule has 0 aromatic rings. The predicted molar refractivity (Wildman–Crippen MR) is 63.9 cm³/mol. The first kappa shape index (κ1) is 15.6. The van der Waals surface area contributed by atoms with E-state index >= 15 is 0 Å². The molecule has 0 saturated heterocycles. The smallest absolute Gasteiger partial charge is 0.373 e. The Bertz CT molecular complexity index is 196. The highest BCUT2D eigenvalue weighted by molar-refractivity contribution is 6.61. The summed E-state index contributed by atoms with van der Waals surface area (Å²) in [6.45, 7) is 8.78. The van der Waals surface area contributed by atoms with E-state index in [0.29, 0.717) is 26.0 Å². The second-order valence-corrected chi connectivity index (χ2v) is 5.91. The molecule has 0 aliphatic heterocycles. The summed E-state index contributed by atoms with van der Waals surface area (Å²) in [6.07, 6.45) is 0.401. The first-order valence-electron chi connectivity index (χ1n) is 5.64. The quantitative estimate of drug-likeness (QED) is 0.603. The van der Waals surface area contributed by atoms with Crippen LogP contribution in [0.25, 0.3) is 0 Å². The lowest BCUT2D eigenvalue weighted by Gasteiger charge is -2.31. The van der Waals surface area contributed by atoms with Crippen LogP contribution in [0.5, 0.6) is 0 Å². The molecule has 96 valence electrons. The molecule has 6 heteroatoms. The van der Waals surface area contributed by atoms with E-state index in [1.807, 2.05) is 20.8 Å². The minimum absolute atomic E-state index is 0.0176. The van der Waals surface area contributed by atoms with Gasteiger partial charge in [0.15, 0.2) is 0 Å². The number of hydrogen-bond donors (Lipinski definition) is 0. The van der Waals surface area contributed by atoms with Crippen molar-refractivity contribution >= 4 is 14.7 Å². The van der Waals surface area contributed by atoms with E-state index in [4.69, 9.17) is 13.3 Å². The van der Waals surface area contributed by atoms with Crippen molar-refractivity contribution in [3.05, 3.63) is 0 Å². The molecule has 0 aliphatic carbocycles. The van der Waals surface area contributed by atoms with E-state index in [1.54, 1.807) is 11.9 Å². The molecule has 0 N–H and O–H groups in total. The Balaban J connectivity index is 4.64. The highest BCUT2D eigenvalue weighted by atomic mass is 28.4. The van der Waals surface area contributed by atoms with E-state index in [-0.39, 0.29) is 5.91 Å². The molecule has 0 heterocycles. The van der Waals surface area contributed by atoms with E-state index in [0.717, 1.165) is 0 Å². The van der Waals surface area contributed by atoms with Crippen molar-refractivity contribution in [1.82, 2.24) is 4.90 Å². The van der Waals surface area contributed by atoms with E-state index in [2.05, 4.69) is 0 Å². The molecule has 1 amide bonds. The summed E-state index contributed by atoms with van der Waals surface area (Å²) in [5, 5.41) is 0.